The molecule has 1 aromatic carbocycles. The highest BCUT2D eigenvalue weighted by Crippen LogP contribution is 2.65. The average molecular weight is 537 g/mol. The van der Waals surface area contributed by atoms with Gasteiger partial charge in [-0.1, -0.05) is 11.6 Å². The standard InChI is InChI=1S/C25H26Cl2N2O7/c1-5-29-20(31)13-7-6-12-14(17(13)21(29)32)10-24(26)22(33)28(2)23(34)25(24,27)18(12)11-8-15(35-3)19(30)16(9-11)36-4/h6,8-9,13-14,17-18,30H,5,7,10H2,1-4H3. The molecule has 1 saturated carbocycles. The van der Waals surface area contributed by atoms with Crippen LogP contribution in [0.15, 0.2) is 23.8 Å². The van der Waals surface area contributed by atoms with Gasteiger partial charge in [-0.3, -0.25) is 29.0 Å². The molecule has 4 aliphatic rings. The zero-order chi connectivity index (χ0) is 26.3. The molecule has 4 amide bonds. The molecule has 0 bridgehead atoms. The van der Waals surface area contributed by atoms with Gasteiger partial charge in [0, 0.05) is 19.5 Å². The van der Waals surface area contributed by atoms with Gasteiger partial charge in [0.05, 0.1) is 26.1 Å². The van der Waals surface area contributed by atoms with Gasteiger partial charge < -0.3 is 14.6 Å². The fourth-order valence-corrected chi connectivity index (χ4v) is 7.59. The molecule has 1 N–H and O–H groups in total. The molecule has 6 atom stereocenters. The van der Waals surface area contributed by atoms with Crippen molar-refractivity contribution in [1.82, 2.24) is 9.80 Å². The molecule has 9 nitrogen and oxygen atoms in total. The van der Waals surface area contributed by atoms with E-state index in [1.807, 2.05) is 6.08 Å². The summed E-state index contributed by atoms with van der Waals surface area (Å²) >= 11 is 14.2. The van der Waals surface area contributed by atoms with E-state index in [-0.39, 0.29) is 42.0 Å². The number of alkyl halides is 2. The third kappa shape index (κ3) is 2.84. The minimum atomic E-state index is -1.92. The molecule has 2 aliphatic heterocycles. The van der Waals surface area contributed by atoms with Gasteiger partial charge in [0.1, 0.15) is 0 Å². The van der Waals surface area contributed by atoms with E-state index >= 15 is 0 Å². The smallest absolute Gasteiger partial charge is 0.253 e. The van der Waals surface area contributed by atoms with Crippen molar-refractivity contribution in [3.8, 4) is 17.2 Å². The van der Waals surface area contributed by atoms with Crippen molar-refractivity contribution in [1.29, 1.82) is 0 Å². The maximum absolute atomic E-state index is 13.6. The van der Waals surface area contributed by atoms with Gasteiger partial charge in [0.2, 0.25) is 17.6 Å². The number of fused-ring (bicyclic) bond motifs is 4. The van der Waals surface area contributed by atoms with Crippen LogP contribution in [0, 0.1) is 17.8 Å². The average Bonchev–Trinajstić information content (AvgIpc) is 3.18. The molecule has 0 spiro atoms. The number of halogens is 2. The first-order chi connectivity index (χ1) is 17.0. The van der Waals surface area contributed by atoms with E-state index in [4.69, 9.17) is 32.7 Å². The number of carbonyl (C=O) groups excluding carboxylic acids is 4. The minimum absolute atomic E-state index is 0.0700. The Morgan fingerprint density at radius 2 is 1.64 bits per heavy atom. The number of carbonyl (C=O) groups is 4. The zero-order valence-corrected chi connectivity index (χ0v) is 21.7. The van der Waals surface area contributed by atoms with E-state index in [1.54, 1.807) is 6.92 Å². The van der Waals surface area contributed by atoms with Crippen LogP contribution in [0.3, 0.4) is 0 Å². The first-order valence-corrected chi connectivity index (χ1v) is 12.4. The summed E-state index contributed by atoms with van der Waals surface area (Å²) in [7, 11) is 4.07. The summed E-state index contributed by atoms with van der Waals surface area (Å²) in [5, 5.41) is 10.5. The number of amides is 4. The van der Waals surface area contributed by atoms with Crippen LogP contribution >= 0.6 is 23.2 Å². The topological polar surface area (TPSA) is 113 Å². The van der Waals surface area contributed by atoms with Crippen molar-refractivity contribution >= 4 is 46.8 Å². The number of methoxy groups -OCH3 is 2. The van der Waals surface area contributed by atoms with Gasteiger partial charge in [-0.15, -0.1) is 23.2 Å². The largest absolute Gasteiger partial charge is 0.502 e. The predicted molar refractivity (Wildman–Crippen MR) is 129 cm³/mol. The molecule has 192 valence electrons. The monoisotopic (exact) mass is 536 g/mol. The maximum Gasteiger partial charge on any atom is 0.253 e. The van der Waals surface area contributed by atoms with Gasteiger partial charge in [0.25, 0.3) is 11.8 Å². The Morgan fingerprint density at radius 3 is 2.19 bits per heavy atom. The number of hydrogen-bond donors (Lipinski definition) is 1. The van der Waals surface area contributed by atoms with Crippen LogP contribution < -0.4 is 9.47 Å². The number of phenolic OH excluding ortho intramolecular Hbond substituents is 1. The lowest BCUT2D eigenvalue weighted by Crippen LogP contribution is -2.60. The number of rotatable bonds is 4. The first kappa shape index (κ1) is 24.9. The molecule has 0 aromatic heterocycles. The van der Waals surface area contributed by atoms with Gasteiger partial charge in [-0.25, -0.2) is 0 Å². The van der Waals surface area contributed by atoms with Crippen LogP contribution in [0.4, 0.5) is 0 Å². The molecule has 11 heteroatoms. The number of likely N-dealkylation sites (tertiary alicyclic amines) is 2. The molecule has 2 aliphatic carbocycles. The van der Waals surface area contributed by atoms with Gasteiger partial charge in [-0.2, -0.15) is 0 Å². The lowest BCUT2D eigenvalue weighted by molar-refractivity contribution is -0.141. The number of allylic oxidation sites excluding steroid dienone is 2. The van der Waals surface area contributed by atoms with Crippen LogP contribution in [0.1, 0.15) is 31.2 Å². The quantitative estimate of drug-likeness (QED) is 0.357. The number of benzene rings is 1. The second kappa shape index (κ2) is 8.11. The Morgan fingerprint density at radius 1 is 1.03 bits per heavy atom. The number of imide groups is 2. The Labute approximate surface area is 217 Å². The summed E-state index contributed by atoms with van der Waals surface area (Å²) in [6.45, 7) is 1.98. The molecule has 1 aromatic rings. The van der Waals surface area contributed by atoms with E-state index in [1.165, 1.54) is 38.3 Å². The van der Waals surface area contributed by atoms with Gasteiger partial charge in [-0.05, 0) is 43.4 Å². The number of nitrogens with zero attached hydrogens (tertiary/aromatic N) is 2. The number of phenols is 1. The Balaban J connectivity index is 1.77. The highest BCUT2D eigenvalue weighted by Gasteiger charge is 2.75. The van der Waals surface area contributed by atoms with Crippen LogP contribution in [0.5, 0.6) is 17.2 Å². The first-order valence-electron chi connectivity index (χ1n) is 11.7. The molecule has 5 rings (SSSR count). The summed E-state index contributed by atoms with van der Waals surface area (Å²) in [5.74, 6) is -4.79. The Kier molecular flexibility index (Phi) is 5.61. The molecular weight excluding hydrogens is 511 g/mol. The summed E-state index contributed by atoms with van der Waals surface area (Å²) in [6.07, 6.45) is 2.07. The highest BCUT2D eigenvalue weighted by atomic mass is 35.5. The van der Waals surface area contributed by atoms with Gasteiger partial charge in [0.15, 0.2) is 21.2 Å². The number of ether oxygens (including phenoxy) is 2. The maximum atomic E-state index is 13.6. The van der Waals surface area contributed by atoms with Crippen LogP contribution in [-0.2, 0) is 19.2 Å². The van der Waals surface area contributed by atoms with Crippen molar-refractivity contribution in [2.45, 2.75) is 35.4 Å². The molecule has 6 unspecified atom stereocenters. The molecule has 0 radical (unpaired) electrons. The normalized spacial score (nSPS) is 35.4. The fourth-order valence-electron chi connectivity index (χ4n) is 6.58. The Bertz CT molecular complexity index is 1220. The Hall–Kier alpha value is -2.78. The van der Waals surface area contributed by atoms with Crippen LogP contribution in [0.25, 0.3) is 0 Å². The lowest BCUT2D eigenvalue weighted by atomic mass is 9.56. The molecule has 36 heavy (non-hydrogen) atoms. The van der Waals surface area contributed by atoms with Gasteiger partial charge >= 0.3 is 0 Å². The van der Waals surface area contributed by atoms with E-state index in [0.717, 1.165) is 4.90 Å². The zero-order valence-electron chi connectivity index (χ0n) is 20.2. The molecule has 2 heterocycles. The van der Waals surface area contributed by atoms with E-state index < -0.39 is 45.2 Å². The fraction of sp³-hybridized carbons (Fsp3) is 0.520. The molecular formula is C25H26Cl2N2O7. The summed E-state index contributed by atoms with van der Waals surface area (Å²) < 4.78 is 10.7. The second-order valence-electron chi connectivity index (χ2n) is 9.69. The lowest BCUT2D eigenvalue weighted by Gasteiger charge is -2.50. The second-order valence-corrected chi connectivity index (χ2v) is 10.9. The van der Waals surface area contributed by atoms with Crippen molar-refractivity contribution in [3.63, 3.8) is 0 Å². The third-order valence-electron chi connectivity index (χ3n) is 8.26. The SMILES string of the molecule is CCN1C(=O)C2CC=C3C(CC4(Cl)C(=O)N(C)C(=O)C4(Cl)C3c3cc(OC)c(O)c(OC)c3)C2C1=O. The number of hydrogen-bond acceptors (Lipinski definition) is 7. The van der Waals surface area contributed by atoms with Crippen molar-refractivity contribution in [2.75, 3.05) is 27.8 Å². The van der Waals surface area contributed by atoms with Crippen LogP contribution in [-0.4, -0.2) is 76.1 Å². The van der Waals surface area contributed by atoms with Crippen LogP contribution in [0.2, 0.25) is 0 Å². The van der Waals surface area contributed by atoms with Crippen molar-refractivity contribution in [3.05, 3.63) is 29.3 Å². The van der Waals surface area contributed by atoms with E-state index in [0.29, 0.717) is 17.6 Å². The van der Waals surface area contributed by atoms with E-state index in [9.17, 15) is 24.3 Å². The predicted octanol–water partition coefficient (Wildman–Crippen LogP) is 2.42. The summed E-state index contributed by atoms with van der Waals surface area (Å²) in [5.41, 5.74) is 1.09. The van der Waals surface area contributed by atoms with E-state index in [2.05, 4.69) is 0 Å². The summed E-state index contributed by atoms with van der Waals surface area (Å²) in [4.78, 5) is 51.7. The highest BCUT2D eigenvalue weighted by molar-refractivity contribution is 6.53. The molecule has 2 saturated heterocycles. The number of aromatic hydroxyl groups is 1. The summed E-state index contributed by atoms with van der Waals surface area (Å²) in [6, 6.07) is 3.05. The molecule has 3 fully saturated rings. The third-order valence-corrected chi connectivity index (χ3v) is 9.67. The van der Waals surface area contributed by atoms with Crippen molar-refractivity contribution < 1.29 is 33.8 Å². The minimum Gasteiger partial charge on any atom is -0.502 e. The van der Waals surface area contributed by atoms with Crippen molar-refractivity contribution in [2.24, 2.45) is 17.8 Å².